The fourth-order valence-corrected chi connectivity index (χ4v) is 2.10. The first-order chi connectivity index (χ1) is 10.1. The van der Waals surface area contributed by atoms with Gasteiger partial charge < -0.3 is 20.3 Å². The van der Waals surface area contributed by atoms with Crippen molar-refractivity contribution in [1.29, 1.82) is 0 Å². The highest BCUT2D eigenvalue weighted by Gasteiger charge is 2.20. The molecule has 0 bridgehead atoms. The number of hydrogen-bond donors (Lipinski definition) is 1. The molecule has 0 saturated carbocycles. The molecule has 3 amide bonds. The van der Waals surface area contributed by atoms with E-state index in [0.717, 1.165) is 6.41 Å². The minimum Gasteiger partial charge on any atom is -0.483 e. The molecule has 1 aliphatic heterocycles. The van der Waals surface area contributed by atoms with Crippen LogP contribution in [0.4, 0.5) is 0 Å². The molecular formula is C14H17N3O4. The van der Waals surface area contributed by atoms with Crippen LogP contribution in [0, 0.1) is 0 Å². The Morgan fingerprint density at radius 1 is 1.19 bits per heavy atom. The van der Waals surface area contributed by atoms with Crippen LogP contribution in [-0.4, -0.2) is 60.8 Å². The molecule has 1 heterocycles. The Morgan fingerprint density at radius 2 is 1.86 bits per heavy atom. The van der Waals surface area contributed by atoms with E-state index in [2.05, 4.69) is 0 Å². The molecule has 1 aliphatic rings. The fourth-order valence-electron chi connectivity index (χ4n) is 2.10. The van der Waals surface area contributed by atoms with Crippen LogP contribution in [0.25, 0.3) is 0 Å². The van der Waals surface area contributed by atoms with E-state index in [-0.39, 0.29) is 18.1 Å². The van der Waals surface area contributed by atoms with Gasteiger partial charge in [-0.25, -0.2) is 0 Å². The van der Waals surface area contributed by atoms with Crippen LogP contribution < -0.4 is 10.5 Å². The number of rotatable bonds is 5. The summed E-state index contributed by atoms with van der Waals surface area (Å²) in [4.78, 5) is 37.1. The smallest absolute Gasteiger partial charge is 0.260 e. The number of ether oxygens (including phenoxy) is 1. The fraction of sp³-hybridized carbons (Fsp3) is 0.357. The SMILES string of the molecule is NC(=O)c1ccccc1OCC(=O)N1CCN(C=O)CC1. The number of para-hydroxylation sites is 1. The highest BCUT2D eigenvalue weighted by molar-refractivity contribution is 5.95. The highest BCUT2D eigenvalue weighted by atomic mass is 16.5. The lowest BCUT2D eigenvalue weighted by atomic mass is 10.2. The van der Waals surface area contributed by atoms with Gasteiger partial charge in [0.2, 0.25) is 6.41 Å². The second-order valence-corrected chi connectivity index (χ2v) is 4.67. The summed E-state index contributed by atoms with van der Waals surface area (Å²) in [6.07, 6.45) is 0.779. The minimum absolute atomic E-state index is 0.161. The largest absolute Gasteiger partial charge is 0.483 e. The molecule has 2 rings (SSSR count). The maximum absolute atomic E-state index is 12.0. The molecule has 0 unspecified atom stereocenters. The molecule has 0 radical (unpaired) electrons. The third-order valence-corrected chi connectivity index (χ3v) is 3.32. The zero-order valence-electron chi connectivity index (χ0n) is 11.5. The van der Waals surface area contributed by atoms with E-state index in [0.29, 0.717) is 31.9 Å². The topological polar surface area (TPSA) is 92.9 Å². The summed E-state index contributed by atoms with van der Waals surface area (Å²) in [7, 11) is 0. The summed E-state index contributed by atoms with van der Waals surface area (Å²) in [5.74, 6) is -0.484. The number of amides is 3. The van der Waals surface area contributed by atoms with Crippen LogP contribution in [0.15, 0.2) is 24.3 Å². The quantitative estimate of drug-likeness (QED) is 0.738. The number of carbonyl (C=O) groups excluding carboxylic acids is 3. The van der Waals surface area contributed by atoms with Gasteiger partial charge in [0.15, 0.2) is 6.61 Å². The van der Waals surface area contributed by atoms with E-state index in [1.807, 2.05) is 0 Å². The number of nitrogens with two attached hydrogens (primary N) is 1. The molecule has 21 heavy (non-hydrogen) atoms. The predicted molar refractivity (Wildman–Crippen MR) is 74.7 cm³/mol. The number of primary amides is 1. The van der Waals surface area contributed by atoms with Crippen LogP contribution in [0.2, 0.25) is 0 Å². The Balaban J connectivity index is 1.90. The van der Waals surface area contributed by atoms with Crippen molar-refractivity contribution in [2.75, 3.05) is 32.8 Å². The molecule has 1 aromatic carbocycles. The third kappa shape index (κ3) is 3.71. The van der Waals surface area contributed by atoms with Gasteiger partial charge in [0, 0.05) is 26.2 Å². The highest BCUT2D eigenvalue weighted by Crippen LogP contribution is 2.17. The normalized spacial score (nSPS) is 14.7. The van der Waals surface area contributed by atoms with E-state index in [1.54, 1.807) is 34.1 Å². The van der Waals surface area contributed by atoms with Gasteiger partial charge in [-0.1, -0.05) is 12.1 Å². The molecular weight excluding hydrogens is 274 g/mol. The summed E-state index contributed by atoms with van der Waals surface area (Å²) in [5.41, 5.74) is 5.49. The average Bonchev–Trinajstić information content (AvgIpc) is 2.52. The Bertz CT molecular complexity index is 539. The van der Waals surface area contributed by atoms with Gasteiger partial charge in [-0.05, 0) is 12.1 Å². The van der Waals surface area contributed by atoms with E-state index < -0.39 is 5.91 Å². The standard InChI is InChI=1S/C14H17N3O4/c15-14(20)11-3-1-2-4-12(11)21-9-13(19)17-7-5-16(10-18)6-8-17/h1-4,10H,5-9H2,(H2,15,20). The Kier molecular flexibility index (Phi) is 4.76. The Morgan fingerprint density at radius 3 is 2.48 bits per heavy atom. The summed E-state index contributed by atoms with van der Waals surface area (Å²) >= 11 is 0. The number of nitrogens with zero attached hydrogens (tertiary/aromatic N) is 2. The van der Waals surface area contributed by atoms with Crippen LogP contribution in [0.3, 0.4) is 0 Å². The van der Waals surface area contributed by atoms with Gasteiger partial charge >= 0.3 is 0 Å². The predicted octanol–water partition coefficient (Wildman–Crippen LogP) is -0.535. The summed E-state index contributed by atoms with van der Waals surface area (Å²) in [6.45, 7) is 1.85. The van der Waals surface area contributed by atoms with Gasteiger partial charge in [0.25, 0.3) is 11.8 Å². The number of hydrogen-bond acceptors (Lipinski definition) is 4. The summed E-state index contributed by atoms with van der Waals surface area (Å²) in [6, 6.07) is 6.52. The second kappa shape index (κ2) is 6.74. The lowest BCUT2D eigenvalue weighted by Crippen LogP contribution is -2.49. The Labute approximate surface area is 122 Å². The molecule has 1 saturated heterocycles. The molecule has 1 fully saturated rings. The minimum atomic E-state index is -0.599. The first-order valence-electron chi connectivity index (χ1n) is 6.60. The monoisotopic (exact) mass is 291 g/mol. The molecule has 1 aromatic rings. The van der Waals surface area contributed by atoms with Crippen molar-refractivity contribution in [3.63, 3.8) is 0 Å². The first-order valence-corrected chi connectivity index (χ1v) is 6.60. The van der Waals surface area contributed by atoms with Gasteiger partial charge in [0.1, 0.15) is 5.75 Å². The molecule has 0 aliphatic carbocycles. The summed E-state index contributed by atoms with van der Waals surface area (Å²) < 4.78 is 5.39. The van der Waals surface area contributed by atoms with Gasteiger partial charge in [-0.3, -0.25) is 14.4 Å². The molecule has 112 valence electrons. The van der Waals surface area contributed by atoms with Crippen molar-refractivity contribution in [1.82, 2.24) is 9.80 Å². The van der Waals surface area contributed by atoms with E-state index in [4.69, 9.17) is 10.5 Å². The molecule has 0 spiro atoms. The van der Waals surface area contributed by atoms with E-state index >= 15 is 0 Å². The van der Waals surface area contributed by atoms with E-state index in [9.17, 15) is 14.4 Å². The van der Waals surface area contributed by atoms with Crippen LogP contribution >= 0.6 is 0 Å². The van der Waals surface area contributed by atoms with Gasteiger partial charge in [-0.2, -0.15) is 0 Å². The lowest BCUT2D eigenvalue weighted by Gasteiger charge is -2.32. The number of piperazine rings is 1. The zero-order valence-corrected chi connectivity index (χ0v) is 11.5. The number of carbonyl (C=O) groups is 3. The summed E-state index contributed by atoms with van der Waals surface area (Å²) in [5, 5.41) is 0. The van der Waals surface area contributed by atoms with Crippen molar-refractivity contribution < 1.29 is 19.1 Å². The average molecular weight is 291 g/mol. The van der Waals surface area contributed by atoms with Gasteiger partial charge in [0.05, 0.1) is 5.56 Å². The van der Waals surface area contributed by atoms with Crippen molar-refractivity contribution in [2.45, 2.75) is 0 Å². The second-order valence-electron chi connectivity index (χ2n) is 4.67. The molecule has 0 atom stereocenters. The van der Waals surface area contributed by atoms with Crippen molar-refractivity contribution >= 4 is 18.2 Å². The van der Waals surface area contributed by atoms with Crippen LogP contribution in [0.1, 0.15) is 10.4 Å². The van der Waals surface area contributed by atoms with E-state index in [1.165, 1.54) is 0 Å². The van der Waals surface area contributed by atoms with Crippen LogP contribution in [-0.2, 0) is 9.59 Å². The lowest BCUT2D eigenvalue weighted by molar-refractivity contribution is -0.137. The third-order valence-electron chi connectivity index (χ3n) is 3.32. The Hall–Kier alpha value is -2.57. The molecule has 0 aromatic heterocycles. The first kappa shape index (κ1) is 14.8. The zero-order chi connectivity index (χ0) is 15.2. The molecule has 7 nitrogen and oxygen atoms in total. The molecule has 2 N–H and O–H groups in total. The van der Waals surface area contributed by atoms with Gasteiger partial charge in [-0.15, -0.1) is 0 Å². The van der Waals surface area contributed by atoms with Crippen molar-refractivity contribution in [3.05, 3.63) is 29.8 Å². The molecule has 7 heteroatoms. The van der Waals surface area contributed by atoms with Crippen molar-refractivity contribution in [2.24, 2.45) is 5.73 Å². The maximum Gasteiger partial charge on any atom is 0.260 e. The number of benzene rings is 1. The van der Waals surface area contributed by atoms with Crippen LogP contribution in [0.5, 0.6) is 5.75 Å². The maximum atomic E-state index is 12.0. The van der Waals surface area contributed by atoms with Crippen molar-refractivity contribution in [3.8, 4) is 5.75 Å².